The number of carbonyl (C=O) groups is 1. The van der Waals surface area contributed by atoms with Gasteiger partial charge in [-0.2, -0.15) is 10.5 Å². The van der Waals surface area contributed by atoms with Crippen LogP contribution in [-0.4, -0.2) is 24.4 Å². The maximum absolute atomic E-state index is 11.0. The van der Waals surface area contributed by atoms with Gasteiger partial charge in [-0.3, -0.25) is 0 Å². The van der Waals surface area contributed by atoms with Crippen LogP contribution in [0, 0.1) is 6.92 Å². The zero-order valence-electron chi connectivity index (χ0n) is 10.0. The molecule has 0 spiro atoms. The van der Waals surface area contributed by atoms with Crippen LogP contribution in [0.15, 0.2) is 34.6 Å². The van der Waals surface area contributed by atoms with Crippen LogP contribution >= 0.6 is 0 Å². The first-order chi connectivity index (χ1) is 8.66. The predicted molar refractivity (Wildman–Crippen MR) is 64.2 cm³/mol. The highest BCUT2D eigenvalue weighted by molar-refractivity contribution is 5.65. The van der Waals surface area contributed by atoms with Crippen molar-refractivity contribution in [1.29, 1.82) is 0 Å². The Morgan fingerprint density at radius 3 is 3.00 bits per heavy atom. The van der Waals surface area contributed by atoms with Gasteiger partial charge in [0, 0.05) is 0 Å². The Bertz CT molecular complexity index is 463. The topological polar surface area (TPSA) is 92.3 Å². The number of hydrazine groups is 1. The summed E-state index contributed by atoms with van der Waals surface area (Å²) in [5.41, 5.74) is 9.95. The van der Waals surface area contributed by atoms with Crippen LogP contribution in [0.4, 0.5) is 4.79 Å². The van der Waals surface area contributed by atoms with Crippen molar-refractivity contribution in [3.8, 4) is 0 Å². The van der Waals surface area contributed by atoms with Crippen molar-refractivity contribution in [2.24, 2.45) is 16.1 Å². The number of amides is 1. The third kappa shape index (κ3) is 2.95. The van der Waals surface area contributed by atoms with Crippen molar-refractivity contribution in [3.05, 3.63) is 35.4 Å². The van der Waals surface area contributed by atoms with Crippen LogP contribution in [0.25, 0.3) is 0 Å². The Labute approximate surface area is 105 Å². The van der Waals surface area contributed by atoms with Crippen LogP contribution < -0.4 is 11.2 Å². The maximum atomic E-state index is 11.0. The molecule has 1 heterocycles. The molecule has 0 unspecified atom stereocenters. The van der Waals surface area contributed by atoms with E-state index in [9.17, 15) is 4.79 Å². The van der Waals surface area contributed by atoms with Gasteiger partial charge in [0.1, 0.15) is 12.8 Å². The number of rotatable bonds is 4. The second-order valence-electron chi connectivity index (χ2n) is 3.91. The van der Waals surface area contributed by atoms with Gasteiger partial charge in [0.15, 0.2) is 0 Å². The van der Waals surface area contributed by atoms with E-state index in [1.807, 2.05) is 31.2 Å². The molecular weight excluding hydrogens is 234 g/mol. The molecule has 96 valence electrons. The minimum atomic E-state index is -0.806. The van der Waals surface area contributed by atoms with Crippen molar-refractivity contribution in [2.45, 2.75) is 13.0 Å². The van der Waals surface area contributed by atoms with Gasteiger partial charge >= 0.3 is 6.09 Å². The van der Waals surface area contributed by atoms with Crippen LogP contribution in [0.2, 0.25) is 0 Å². The van der Waals surface area contributed by atoms with E-state index in [1.54, 1.807) is 0 Å². The van der Waals surface area contributed by atoms with E-state index in [4.69, 9.17) is 10.5 Å². The first kappa shape index (κ1) is 12.3. The largest absolute Gasteiger partial charge is 0.439 e. The van der Waals surface area contributed by atoms with Crippen molar-refractivity contribution in [2.75, 3.05) is 13.2 Å². The molecule has 3 N–H and O–H groups in total. The fourth-order valence-corrected chi connectivity index (χ4v) is 1.80. The second kappa shape index (κ2) is 5.46. The predicted octanol–water partition coefficient (Wildman–Crippen LogP) is 1.28. The number of nitrogens with one attached hydrogen (secondary N) is 1. The Morgan fingerprint density at radius 1 is 1.61 bits per heavy atom. The highest BCUT2D eigenvalue weighted by atomic mass is 16.6. The molecule has 1 aliphatic heterocycles. The van der Waals surface area contributed by atoms with Gasteiger partial charge in [-0.05, 0) is 18.1 Å². The van der Waals surface area contributed by atoms with Crippen molar-refractivity contribution in [1.82, 2.24) is 10.5 Å². The molecule has 1 aliphatic rings. The zero-order chi connectivity index (χ0) is 13.0. The zero-order valence-corrected chi connectivity index (χ0v) is 10.0. The van der Waals surface area contributed by atoms with Gasteiger partial charge in [-0.1, -0.05) is 29.5 Å². The summed E-state index contributed by atoms with van der Waals surface area (Å²) in [5, 5.41) is 9.16. The highest BCUT2D eigenvalue weighted by Gasteiger charge is 2.21. The van der Waals surface area contributed by atoms with Gasteiger partial charge in [-0.25, -0.2) is 9.91 Å². The molecule has 0 aliphatic carbocycles. The maximum Gasteiger partial charge on any atom is 0.405 e. The summed E-state index contributed by atoms with van der Waals surface area (Å²) in [7, 11) is 0. The van der Waals surface area contributed by atoms with Gasteiger partial charge in [-0.15, -0.1) is 0 Å². The normalized spacial score (nSPS) is 15.7. The van der Waals surface area contributed by atoms with Crippen LogP contribution in [0.1, 0.15) is 17.2 Å². The average molecular weight is 249 g/mol. The molecule has 7 nitrogen and oxygen atoms in total. The minimum Gasteiger partial charge on any atom is -0.439 e. The first-order valence-corrected chi connectivity index (χ1v) is 5.57. The third-order valence-corrected chi connectivity index (χ3v) is 2.63. The lowest BCUT2D eigenvalue weighted by Crippen LogP contribution is -2.34. The summed E-state index contributed by atoms with van der Waals surface area (Å²) in [6.07, 6.45) is -1.28. The summed E-state index contributed by atoms with van der Waals surface area (Å²) in [5.74, 6) is 0. The molecule has 0 saturated heterocycles. The summed E-state index contributed by atoms with van der Waals surface area (Å²) < 4.78 is 5.13. The summed E-state index contributed by atoms with van der Waals surface area (Å²) in [6, 6.07) is 7.66. The van der Waals surface area contributed by atoms with Crippen LogP contribution in [0.3, 0.4) is 0 Å². The molecule has 1 atom stereocenters. The minimum absolute atomic E-state index is 0.358. The number of nitrogens with zero attached hydrogens (tertiary/aromatic N) is 3. The molecule has 2 rings (SSSR count). The molecule has 0 saturated carbocycles. The lowest BCUT2D eigenvalue weighted by atomic mass is 10.0. The summed E-state index contributed by atoms with van der Waals surface area (Å²) in [4.78, 5) is 11.0. The number of carbonyl (C=O) groups excluding carboxylic acids is 1. The summed E-state index contributed by atoms with van der Waals surface area (Å²) >= 11 is 0. The molecule has 1 amide bonds. The molecule has 0 radical (unpaired) electrons. The number of ether oxygens (including phenoxy) is 1. The number of primary amides is 1. The van der Waals surface area contributed by atoms with E-state index in [0.717, 1.165) is 11.1 Å². The van der Waals surface area contributed by atoms with Crippen molar-refractivity contribution < 1.29 is 9.53 Å². The van der Waals surface area contributed by atoms with Crippen LogP contribution in [0.5, 0.6) is 0 Å². The molecule has 0 bridgehead atoms. The third-order valence-electron chi connectivity index (χ3n) is 2.63. The van der Waals surface area contributed by atoms with E-state index < -0.39 is 12.2 Å². The van der Waals surface area contributed by atoms with Gasteiger partial charge in [0.2, 0.25) is 0 Å². The monoisotopic (exact) mass is 249 g/mol. The molecule has 0 fully saturated rings. The average Bonchev–Trinajstić information content (AvgIpc) is 2.81. The fraction of sp³-hybridized carbons (Fsp3) is 0.364. The molecule has 1 aromatic rings. The Balaban J connectivity index is 2.16. The highest BCUT2D eigenvalue weighted by Crippen LogP contribution is 2.22. The van der Waals surface area contributed by atoms with Crippen molar-refractivity contribution >= 4 is 6.09 Å². The number of aryl methyl sites for hydroxylation is 1. The van der Waals surface area contributed by atoms with E-state index in [0.29, 0.717) is 13.2 Å². The molecule has 18 heavy (non-hydrogen) atoms. The number of nitrogens with two attached hydrogens (primary N) is 1. The Morgan fingerprint density at radius 2 is 2.39 bits per heavy atom. The van der Waals surface area contributed by atoms with E-state index in [-0.39, 0.29) is 0 Å². The van der Waals surface area contributed by atoms with Gasteiger partial charge < -0.3 is 10.5 Å². The second-order valence-corrected chi connectivity index (χ2v) is 3.91. The van der Waals surface area contributed by atoms with E-state index in [2.05, 4.69) is 15.8 Å². The van der Waals surface area contributed by atoms with E-state index in [1.165, 1.54) is 5.12 Å². The number of hydrogen-bond acceptors (Lipinski definition) is 6. The van der Waals surface area contributed by atoms with Crippen molar-refractivity contribution in [3.63, 3.8) is 0 Å². The smallest absolute Gasteiger partial charge is 0.405 e. The number of hydrogen-bond donors (Lipinski definition) is 2. The Kier molecular flexibility index (Phi) is 3.73. The SMILES string of the molecule is Cc1ccccc1[C@H](CN1N=NCN1)OC(N)=O. The molecule has 1 aromatic carbocycles. The standard InChI is InChI=1S/C11H15N5O2/c1-8-4-2-3-5-9(8)10(18-11(12)17)6-16-14-7-13-15-16/h2-5,10,14H,6-7H2,1H3,(H2,12,17)/t10-/m0/s1. The quantitative estimate of drug-likeness (QED) is 0.840. The Hall–Kier alpha value is -2.15. The number of benzene rings is 1. The van der Waals surface area contributed by atoms with E-state index >= 15 is 0 Å². The lowest BCUT2D eigenvalue weighted by Gasteiger charge is -2.22. The van der Waals surface area contributed by atoms with Gasteiger partial charge in [0.05, 0.1) is 6.54 Å². The fourth-order valence-electron chi connectivity index (χ4n) is 1.80. The van der Waals surface area contributed by atoms with Gasteiger partial charge in [0.25, 0.3) is 0 Å². The molecule has 7 heteroatoms. The molecular formula is C11H15N5O2. The summed E-state index contributed by atoms with van der Waals surface area (Å²) in [6.45, 7) is 2.74. The van der Waals surface area contributed by atoms with Crippen LogP contribution in [-0.2, 0) is 4.74 Å². The first-order valence-electron chi connectivity index (χ1n) is 5.57. The molecule has 0 aromatic heterocycles. The lowest BCUT2D eigenvalue weighted by molar-refractivity contribution is 0.0652.